The van der Waals surface area contributed by atoms with Crippen LogP contribution in [0, 0.1) is 5.92 Å². The zero-order chi connectivity index (χ0) is 17.0. The molecule has 0 aliphatic carbocycles. The summed E-state index contributed by atoms with van der Waals surface area (Å²) in [5.74, 6) is 1.44. The van der Waals surface area contributed by atoms with E-state index < -0.39 is 0 Å². The molecule has 2 atom stereocenters. The molecule has 1 aliphatic rings. The standard InChI is InChI=1S/C19H31N3O2.HI/c1-3-20-19(22-16(2)18-8-5-4-6-9-18)21-11-7-12-23-14-17-10-13-24-15-17;/h4-6,8-9,16-17H,3,7,10-15H2,1-2H3,(H2,20,21,22);1H. The number of nitrogens with one attached hydrogen (secondary N) is 2. The molecule has 1 heterocycles. The average Bonchev–Trinajstić information content (AvgIpc) is 3.12. The number of hydrogen-bond donors (Lipinski definition) is 2. The normalized spacial score (nSPS) is 18.5. The molecular formula is C19H32IN3O2. The molecule has 0 radical (unpaired) electrons. The summed E-state index contributed by atoms with van der Waals surface area (Å²) in [6, 6.07) is 10.6. The molecular weight excluding hydrogens is 429 g/mol. The highest BCUT2D eigenvalue weighted by Crippen LogP contribution is 2.12. The monoisotopic (exact) mass is 461 g/mol. The van der Waals surface area contributed by atoms with Crippen LogP contribution in [0.3, 0.4) is 0 Å². The minimum atomic E-state index is 0. The van der Waals surface area contributed by atoms with Crippen molar-refractivity contribution in [2.75, 3.05) is 39.5 Å². The molecule has 1 aliphatic heterocycles. The number of rotatable bonds is 9. The molecule has 25 heavy (non-hydrogen) atoms. The van der Waals surface area contributed by atoms with Crippen molar-refractivity contribution in [3.63, 3.8) is 0 Å². The van der Waals surface area contributed by atoms with Crippen LogP contribution in [-0.2, 0) is 9.47 Å². The first kappa shape index (κ1) is 22.2. The predicted molar refractivity (Wildman–Crippen MR) is 114 cm³/mol. The Morgan fingerprint density at radius 3 is 2.84 bits per heavy atom. The first-order valence-corrected chi connectivity index (χ1v) is 9.05. The van der Waals surface area contributed by atoms with Crippen LogP contribution in [0.15, 0.2) is 35.3 Å². The highest BCUT2D eigenvalue weighted by atomic mass is 127. The lowest BCUT2D eigenvalue weighted by atomic mass is 10.1. The van der Waals surface area contributed by atoms with Crippen molar-refractivity contribution in [3.05, 3.63) is 35.9 Å². The fourth-order valence-electron chi connectivity index (χ4n) is 2.67. The summed E-state index contributed by atoms with van der Waals surface area (Å²) < 4.78 is 11.1. The summed E-state index contributed by atoms with van der Waals surface area (Å²) in [6.07, 6.45) is 2.06. The van der Waals surface area contributed by atoms with Crippen LogP contribution in [0.1, 0.15) is 38.3 Å². The van der Waals surface area contributed by atoms with Crippen molar-refractivity contribution in [3.8, 4) is 0 Å². The van der Waals surface area contributed by atoms with Gasteiger partial charge in [-0.1, -0.05) is 30.3 Å². The van der Waals surface area contributed by atoms with Crippen LogP contribution in [0.2, 0.25) is 0 Å². The Morgan fingerprint density at radius 1 is 1.36 bits per heavy atom. The maximum Gasteiger partial charge on any atom is 0.191 e. The van der Waals surface area contributed by atoms with Gasteiger partial charge >= 0.3 is 0 Å². The third-order valence-electron chi connectivity index (χ3n) is 4.09. The Bertz CT molecular complexity index is 479. The van der Waals surface area contributed by atoms with Crippen molar-refractivity contribution in [2.45, 2.75) is 32.7 Å². The zero-order valence-corrected chi connectivity index (χ0v) is 17.7. The third-order valence-corrected chi connectivity index (χ3v) is 4.09. The van der Waals surface area contributed by atoms with Gasteiger partial charge in [-0.15, -0.1) is 24.0 Å². The molecule has 0 saturated carbocycles. The van der Waals surface area contributed by atoms with Gasteiger partial charge in [-0.2, -0.15) is 0 Å². The minimum Gasteiger partial charge on any atom is -0.381 e. The molecule has 1 fully saturated rings. The fraction of sp³-hybridized carbons (Fsp3) is 0.632. The molecule has 2 rings (SSSR count). The number of guanidine groups is 1. The molecule has 142 valence electrons. The van der Waals surface area contributed by atoms with Crippen molar-refractivity contribution < 1.29 is 9.47 Å². The van der Waals surface area contributed by atoms with Crippen molar-refractivity contribution in [2.24, 2.45) is 10.9 Å². The fourth-order valence-corrected chi connectivity index (χ4v) is 2.67. The Morgan fingerprint density at radius 2 is 2.16 bits per heavy atom. The minimum absolute atomic E-state index is 0. The molecule has 2 N–H and O–H groups in total. The van der Waals surface area contributed by atoms with E-state index in [9.17, 15) is 0 Å². The van der Waals surface area contributed by atoms with Gasteiger partial charge in [-0.25, -0.2) is 0 Å². The highest BCUT2D eigenvalue weighted by molar-refractivity contribution is 14.0. The van der Waals surface area contributed by atoms with E-state index >= 15 is 0 Å². The number of ether oxygens (including phenoxy) is 2. The molecule has 5 nitrogen and oxygen atoms in total. The summed E-state index contributed by atoms with van der Waals surface area (Å²) in [5, 5.41) is 6.75. The van der Waals surface area contributed by atoms with Crippen molar-refractivity contribution in [1.29, 1.82) is 0 Å². The summed E-state index contributed by atoms with van der Waals surface area (Å²) in [5.41, 5.74) is 1.25. The first-order chi connectivity index (χ1) is 11.8. The van der Waals surface area contributed by atoms with Crippen LogP contribution in [0.5, 0.6) is 0 Å². The summed E-state index contributed by atoms with van der Waals surface area (Å²) in [4.78, 5) is 4.64. The number of benzene rings is 1. The van der Waals surface area contributed by atoms with E-state index in [1.807, 2.05) is 6.07 Å². The van der Waals surface area contributed by atoms with E-state index in [0.717, 1.165) is 58.3 Å². The second-order valence-electron chi connectivity index (χ2n) is 6.20. The van der Waals surface area contributed by atoms with Crippen LogP contribution < -0.4 is 10.6 Å². The second-order valence-corrected chi connectivity index (χ2v) is 6.20. The van der Waals surface area contributed by atoms with Crippen molar-refractivity contribution >= 4 is 29.9 Å². The SMILES string of the molecule is CCNC(=NCCCOCC1CCOC1)NC(C)c1ccccc1.I. The Labute approximate surface area is 169 Å². The van der Waals surface area contributed by atoms with Gasteiger partial charge in [0.1, 0.15) is 0 Å². The summed E-state index contributed by atoms with van der Waals surface area (Å²) in [6.45, 7) is 9.15. The Hall–Kier alpha value is -0.860. The van der Waals surface area contributed by atoms with E-state index in [-0.39, 0.29) is 30.0 Å². The van der Waals surface area contributed by atoms with Gasteiger partial charge in [-0.05, 0) is 32.3 Å². The van der Waals surface area contributed by atoms with Gasteiger partial charge in [-0.3, -0.25) is 4.99 Å². The van der Waals surface area contributed by atoms with Gasteiger partial charge in [0.05, 0.1) is 19.3 Å². The molecule has 1 saturated heterocycles. The summed E-state index contributed by atoms with van der Waals surface area (Å²) in [7, 11) is 0. The lowest BCUT2D eigenvalue weighted by Crippen LogP contribution is -2.38. The Kier molecular flexibility index (Phi) is 11.9. The molecule has 0 aromatic heterocycles. The van der Waals surface area contributed by atoms with Crippen LogP contribution in [0.25, 0.3) is 0 Å². The molecule has 0 bridgehead atoms. The third kappa shape index (κ3) is 8.87. The second kappa shape index (κ2) is 13.4. The maximum absolute atomic E-state index is 5.72. The van der Waals surface area contributed by atoms with Gasteiger partial charge in [0, 0.05) is 32.2 Å². The largest absolute Gasteiger partial charge is 0.381 e. The van der Waals surface area contributed by atoms with E-state index in [1.54, 1.807) is 0 Å². The van der Waals surface area contributed by atoms with Crippen LogP contribution >= 0.6 is 24.0 Å². The van der Waals surface area contributed by atoms with E-state index in [0.29, 0.717) is 5.92 Å². The number of nitrogens with zero attached hydrogens (tertiary/aromatic N) is 1. The van der Waals surface area contributed by atoms with Crippen LogP contribution in [-0.4, -0.2) is 45.5 Å². The number of hydrogen-bond acceptors (Lipinski definition) is 3. The highest BCUT2D eigenvalue weighted by Gasteiger charge is 2.15. The lowest BCUT2D eigenvalue weighted by molar-refractivity contribution is 0.0893. The molecule has 0 spiro atoms. The number of aliphatic imine (C=N–C) groups is 1. The maximum atomic E-state index is 5.72. The van der Waals surface area contributed by atoms with E-state index in [1.165, 1.54) is 5.56 Å². The zero-order valence-electron chi connectivity index (χ0n) is 15.4. The molecule has 2 unspecified atom stereocenters. The molecule has 6 heteroatoms. The van der Waals surface area contributed by atoms with Gasteiger partial charge in [0.2, 0.25) is 0 Å². The number of halogens is 1. The average molecular weight is 461 g/mol. The smallest absolute Gasteiger partial charge is 0.191 e. The Balaban J connectivity index is 0.00000312. The summed E-state index contributed by atoms with van der Waals surface area (Å²) >= 11 is 0. The van der Waals surface area contributed by atoms with Gasteiger partial charge in [0.25, 0.3) is 0 Å². The predicted octanol–water partition coefficient (Wildman–Crippen LogP) is 3.36. The van der Waals surface area contributed by atoms with Crippen LogP contribution in [0.4, 0.5) is 0 Å². The molecule has 1 aromatic carbocycles. The topological polar surface area (TPSA) is 54.9 Å². The molecule has 1 aromatic rings. The lowest BCUT2D eigenvalue weighted by Gasteiger charge is -2.18. The quantitative estimate of drug-likeness (QED) is 0.256. The van der Waals surface area contributed by atoms with E-state index in [2.05, 4.69) is 53.7 Å². The first-order valence-electron chi connectivity index (χ1n) is 9.05. The van der Waals surface area contributed by atoms with Gasteiger partial charge < -0.3 is 20.1 Å². The van der Waals surface area contributed by atoms with Gasteiger partial charge in [0.15, 0.2) is 5.96 Å². The van der Waals surface area contributed by atoms with E-state index in [4.69, 9.17) is 9.47 Å². The van der Waals surface area contributed by atoms with Crippen molar-refractivity contribution in [1.82, 2.24) is 10.6 Å². The molecule has 0 amide bonds.